The highest BCUT2D eigenvalue weighted by Crippen LogP contribution is 2.41. The van der Waals surface area contributed by atoms with Crippen molar-refractivity contribution in [3.05, 3.63) is 271 Å². The van der Waals surface area contributed by atoms with Crippen molar-refractivity contribution in [1.29, 1.82) is 0 Å². The van der Waals surface area contributed by atoms with E-state index in [-0.39, 0.29) is 0 Å². The molecule has 368 valence electrons. The number of fused-ring (bicyclic) bond motifs is 9. The van der Waals surface area contributed by atoms with Crippen LogP contribution in [-0.4, -0.2) is 23.7 Å². The number of hydrogen-bond donors (Lipinski definition) is 0. The molecule has 15 aromatic rings. The smallest absolute Gasteiger partial charge is 0.160 e. The summed E-state index contributed by atoms with van der Waals surface area (Å²) in [5.74, 6) is 0.715. The van der Waals surface area contributed by atoms with Crippen molar-refractivity contribution in [3.63, 3.8) is 0 Å². The summed E-state index contributed by atoms with van der Waals surface area (Å²) in [6.45, 7) is 6.55. The minimum atomic E-state index is 0.715. The summed E-state index contributed by atoms with van der Waals surface area (Å²) in [4.78, 5) is 10.1. The van der Waals surface area contributed by atoms with Crippen LogP contribution in [0, 0.1) is 20.8 Å². The van der Waals surface area contributed by atoms with Crippen LogP contribution < -0.4 is 0 Å². The van der Waals surface area contributed by atoms with E-state index in [0.717, 1.165) is 61.7 Å². The molecule has 0 aliphatic carbocycles. The molecule has 0 radical (unpaired) electrons. The number of benzene rings is 11. The third kappa shape index (κ3) is 7.46. The van der Waals surface area contributed by atoms with Crippen LogP contribution in [0.2, 0.25) is 0 Å². The summed E-state index contributed by atoms with van der Waals surface area (Å²) in [5.41, 5.74) is 23.8. The lowest BCUT2D eigenvalue weighted by Gasteiger charge is -2.13. The van der Waals surface area contributed by atoms with E-state index in [9.17, 15) is 0 Å². The number of hydrogen-bond acceptors (Lipinski definition) is 2. The summed E-state index contributed by atoms with van der Waals surface area (Å²) < 4.78 is 7.31. The maximum Gasteiger partial charge on any atom is 0.160 e. The van der Waals surface area contributed by atoms with Gasteiger partial charge in [0.1, 0.15) is 0 Å². The van der Waals surface area contributed by atoms with Gasteiger partial charge in [0.25, 0.3) is 0 Å². The molecule has 0 aliphatic heterocycles. The molecule has 4 heterocycles. The normalized spacial score (nSPS) is 11.8. The molecule has 0 saturated heterocycles. The Morgan fingerprint density at radius 3 is 1.19 bits per heavy atom. The van der Waals surface area contributed by atoms with E-state index >= 15 is 0 Å². The summed E-state index contributed by atoms with van der Waals surface area (Å²) in [6, 6.07) is 92.7. The molecule has 0 bridgehead atoms. The van der Waals surface area contributed by atoms with Crippen molar-refractivity contribution in [2.75, 3.05) is 0 Å². The highest BCUT2D eigenvalue weighted by Gasteiger charge is 2.20. The van der Waals surface area contributed by atoms with Crippen molar-refractivity contribution in [2.24, 2.45) is 0 Å². The van der Waals surface area contributed by atoms with E-state index < -0.39 is 0 Å². The van der Waals surface area contributed by atoms with Crippen LogP contribution in [0.1, 0.15) is 16.7 Å². The van der Waals surface area contributed by atoms with Crippen LogP contribution in [-0.2, 0) is 0 Å². The largest absolute Gasteiger partial charge is 0.309 e. The van der Waals surface area contributed by atoms with Gasteiger partial charge in [-0.2, -0.15) is 0 Å². The molecule has 0 fully saturated rings. The molecule has 11 aromatic carbocycles. The van der Waals surface area contributed by atoms with Gasteiger partial charge >= 0.3 is 0 Å². The molecule has 5 nitrogen and oxygen atoms in total. The molecule has 0 aliphatic rings. The lowest BCUT2D eigenvalue weighted by atomic mass is 9.95. The second-order valence-corrected chi connectivity index (χ2v) is 20.8. The van der Waals surface area contributed by atoms with Crippen molar-refractivity contribution < 1.29 is 0 Å². The standard InChI is InChI=1S/C73H51N5/c1-46-22-36-69-61(40-46)59-18-10-12-20-67(59)77(69)56-33-38-71-63(43-56)64-44-57(78-68-21-13-11-19-60(68)62-41-47(2)23-37-70(62)78)34-39-72(64)76(71)55-31-28-50(29-32-55)49-24-26-51(27-25-49)58-35-30-54(42-48(58)3)66-45-65(52-14-6-4-7-15-52)74-73(75-66)53-16-8-5-9-17-53/h4-45H,1-3H3. The number of nitrogens with zero attached hydrogens (tertiary/aromatic N) is 5. The summed E-state index contributed by atoms with van der Waals surface area (Å²) in [6.07, 6.45) is 0. The van der Waals surface area contributed by atoms with Crippen LogP contribution >= 0.6 is 0 Å². The van der Waals surface area contributed by atoms with E-state index in [2.05, 4.69) is 265 Å². The lowest BCUT2D eigenvalue weighted by molar-refractivity contribution is 1.16. The fraction of sp³-hybridized carbons (Fsp3) is 0.0411. The van der Waals surface area contributed by atoms with E-state index in [1.54, 1.807) is 0 Å². The molecule has 15 rings (SSSR count). The van der Waals surface area contributed by atoms with Crippen molar-refractivity contribution in [1.82, 2.24) is 23.7 Å². The zero-order valence-corrected chi connectivity index (χ0v) is 43.5. The molecule has 0 amide bonds. The van der Waals surface area contributed by atoms with Gasteiger partial charge in [0.05, 0.1) is 44.5 Å². The van der Waals surface area contributed by atoms with Crippen molar-refractivity contribution >= 4 is 65.4 Å². The average Bonchev–Trinajstić information content (AvgIpc) is 4.29. The molecular formula is C73H51N5. The molecule has 4 aromatic heterocycles. The molecule has 0 atom stereocenters. The Balaban J connectivity index is 0.802. The first-order chi connectivity index (χ1) is 38.4. The Morgan fingerprint density at radius 1 is 0.256 bits per heavy atom. The number of aromatic nitrogens is 5. The van der Waals surface area contributed by atoms with Crippen LogP contribution in [0.15, 0.2) is 255 Å². The molecule has 0 spiro atoms. The third-order valence-corrected chi connectivity index (χ3v) is 15.9. The minimum absolute atomic E-state index is 0.715. The van der Waals surface area contributed by atoms with Gasteiger partial charge in [0.15, 0.2) is 5.82 Å². The monoisotopic (exact) mass is 997 g/mol. The Morgan fingerprint density at radius 2 is 0.654 bits per heavy atom. The van der Waals surface area contributed by atoms with Gasteiger partial charge in [-0.3, -0.25) is 0 Å². The maximum absolute atomic E-state index is 5.09. The van der Waals surface area contributed by atoms with E-state index in [0.29, 0.717) is 5.82 Å². The first-order valence-corrected chi connectivity index (χ1v) is 26.8. The van der Waals surface area contributed by atoms with Crippen LogP contribution in [0.4, 0.5) is 0 Å². The average molecular weight is 998 g/mol. The van der Waals surface area contributed by atoms with E-state index in [1.165, 1.54) is 87.8 Å². The summed E-state index contributed by atoms with van der Waals surface area (Å²) >= 11 is 0. The van der Waals surface area contributed by atoms with E-state index in [4.69, 9.17) is 9.97 Å². The predicted molar refractivity (Wildman–Crippen MR) is 326 cm³/mol. The first kappa shape index (κ1) is 45.3. The molecule has 78 heavy (non-hydrogen) atoms. The molecule has 0 unspecified atom stereocenters. The first-order valence-electron chi connectivity index (χ1n) is 26.8. The quantitative estimate of drug-likeness (QED) is 0.152. The van der Waals surface area contributed by atoms with Crippen LogP contribution in [0.5, 0.6) is 0 Å². The number of aryl methyl sites for hydroxylation is 3. The SMILES string of the molecule is Cc1ccc2c(c1)c1ccccc1n2-c1ccc2c(c1)c1cc(-n3c4ccccc4c4cc(C)ccc43)ccc1n2-c1ccc(-c2ccc(-c3ccc(-c4cc(-c5ccccc5)nc(-c5ccccc5)n4)cc3C)cc2)cc1. The highest BCUT2D eigenvalue weighted by molar-refractivity contribution is 6.14. The van der Waals surface area contributed by atoms with Gasteiger partial charge in [0.2, 0.25) is 0 Å². The van der Waals surface area contributed by atoms with Gasteiger partial charge in [-0.1, -0.05) is 169 Å². The zero-order chi connectivity index (χ0) is 52.0. The molecule has 0 N–H and O–H groups in total. The van der Waals surface area contributed by atoms with Crippen LogP contribution in [0.25, 0.3) is 139 Å². The molecule has 0 saturated carbocycles. The second-order valence-electron chi connectivity index (χ2n) is 20.8. The lowest BCUT2D eigenvalue weighted by Crippen LogP contribution is -1.96. The van der Waals surface area contributed by atoms with Gasteiger partial charge < -0.3 is 13.7 Å². The topological polar surface area (TPSA) is 40.6 Å². The molecule has 5 heteroatoms. The number of para-hydroxylation sites is 2. The third-order valence-electron chi connectivity index (χ3n) is 15.9. The minimum Gasteiger partial charge on any atom is -0.309 e. The fourth-order valence-electron chi connectivity index (χ4n) is 12.1. The van der Waals surface area contributed by atoms with Crippen molar-refractivity contribution in [2.45, 2.75) is 20.8 Å². The summed E-state index contributed by atoms with van der Waals surface area (Å²) in [7, 11) is 0. The van der Waals surface area contributed by atoms with Crippen molar-refractivity contribution in [3.8, 4) is 73.2 Å². The summed E-state index contributed by atoms with van der Waals surface area (Å²) in [5, 5.41) is 7.46. The van der Waals surface area contributed by atoms with Gasteiger partial charge in [0, 0.05) is 66.1 Å². The Bertz CT molecular complexity index is 4610. The second kappa shape index (κ2) is 18.0. The maximum atomic E-state index is 5.09. The van der Waals surface area contributed by atoms with Gasteiger partial charge in [-0.25, -0.2) is 9.97 Å². The van der Waals surface area contributed by atoms with E-state index in [1.807, 2.05) is 24.3 Å². The number of rotatable bonds is 8. The Hall–Kier alpha value is -10.1. The van der Waals surface area contributed by atoms with Crippen LogP contribution in [0.3, 0.4) is 0 Å². The zero-order valence-electron chi connectivity index (χ0n) is 43.5. The Labute approximate surface area is 452 Å². The highest BCUT2D eigenvalue weighted by atomic mass is 15.0. The van der Waals surface area contributed by atoms with Gasteiger partial charge in [-0.05, 0) is 146 Å². The molecular weight excluding hydrogens is 947 g/mol. The fourth-order valence-corrected chi connectivity index (χ4v) is 12.1. The predicted octanol–water partition coefficient (Wildman–Crippen LogP) is 19.0. The Kier molecular flexibility index (Phi) is 10.5. The van der Waals surface area contributed by atoms with Gasteiger partial charge in [-0.15, -0.1) is 0 Å².